The highest BCUT2D eigenvalue weighted by Gasteiger charge is 1.98. The van der Waals surface area contributed by atoms with Crippen LogP contribution in [0.2, 0.25) is 0 Å². The normalized spacial score (nSPS) is 10.9. The maximum absolute atomic E-state index is 5.75. The number of halogens is 1. The van der Waals surface area contributed by atoms with E-state index in [0.29, 0.717) is 38.9 Å². The molecule has 0 heterocycles. The van der Waals surface area contributed by atoms with Crippen LogP contribution in [0.5, 0.6) is 5.75 Å². The molecule has 0 atom stereocenters. The summed E-state index contributed by atoms with van der Waals surface area (Å²) in [5, 5.41) is 2.97. The van der Waals surface area contributed by atoms with E-state index in [0.717, 1.165) is 17.7 Å². The van der Waals surface area contributed by atoms with Crippen molar-refractivity contribution in [1.82, 2.24) is 5.32 Å². The molecule has 0 bridgehead atoms. The molecule has 0 saturated carbocycles. The second-order valence-corrected chi connectivity index (χ2v) is 4.46. The van der Waals surface area contributed by atoms with Crippen molar-refractivity contribution in [3.8, 4) is 5.75 Å². The maximum Gasteiger partial charge on any atom is 0.188 e. The molecule has 22 heavy (non-hydrogen) atoms. The number of ether oxygens (including phenoxy) is 3. The van der Waals surface area contributed by atoms with Gasteiger partial charge in [-0.2, -0.15) is 0 Å². The number of hydrogen-bond acceptors (Lipinski definition) is 4. The van der Waals surface area contributed by atoms with Crippen LogP contribution in [0.25, 0.3) is 0 Å². The quantitative estimate of drug-likeness (QED) is 0.260. The van der Waals surface area contributed by atoms with Crippen LogP contribution in [-0.2, 0) is 16.0 Å². The summed E-state index contributed by atoms with van der Waals surface area (Å²) in [5.74, 6) is 1.25. The summed E-state index contributed by atoms with van der Waals surface area (Å²) in [4.78, 5) is 4.27. The molecule has 6 nitrogen and oxygen atoms in total. The number of aliphatic imine (C=N–C) groups is 1. The van der Waals surface area contributed by atoms with Gasteiger partial charge in [-0.1, -0.05) is 12.1 Å². The predicted octanol–water partition coefficient (Wildman–Crippen LogP) is 1.77. The molecule has 0 fully saturated rings. The Morgan fingerprint density at radius 3 is 2.68 bits per heavy atom. The number of rotatable bonds is 10. The lowest BCUT2D eigenvalue weighted by Gasteiger charge is -2.08. The Morgan fingerprint density at radius 1 is 1.18 bits per heavy atom. The maximum atomic E-state index is 5.75. The fourth-order valence-electron chi connectivity index (χ4n) is 1.64. The number of nitrogens with two attached hydrogens (primary N) is 1. The number of benzene rings is 1. The molecule has 0 aliphatic rings. The zero-order valence-corrected chi connectivity index (χ0v) is 15.5. The fourth-order valence-corrected chi connectivity index (χ4v) is 1.64. The lowest BCUT2D eigenvalue weighted by Crippen LogP contribution is -2.34. The molecular weight excluding hydrogens is 397 g/mol. The molecule has 1 aromatic rings. The van der Waals surface area contributed by atoms with Crippen molar-refractivity contribution in [2.75, 3.05) is 40.6 Å². The topological polar surface area (TPSA) is 78.1 Å². The minimum absolute atomic E-state index is 0. The van der Waals surface area contributed by atoms with Crippen molar-refractivity contribution in [2.45, 2.75) is 13.0 Å². The van der Waals surface area contributed by atoms with Gasteiger partial charge in [0, 0.05) is 33.8 Å². The van der Waals surface area contributed by atoms with Crippen LogP contribution in [0.4, 0.5) is 0 Å². The molecule has 1 rings (SSSR count). The molecule has 0 aliphatic heterocycles. The van der Waals surface area contributed by atoms with Crippen molar-refractivity contribution in [1.29, 1.82) is 0 Å². The Labute approximate surface area is 149 Å². The van der Waals surface area contributed by atoms with Crippen LogP contribution in [-0.4, -0.2) is 46.5 Å². The van der Waals surface area contributed by atoms with Gasteiger partial charge in [0.15, 0.2) is 5.96 Å². The van der Waals surface area contributed by atoms with Gasteiger partial charge in [0.1, 0.15) is 5.75 Å². The highest BCUT2D eigenvalue weighted by Crippen LogP contribution is 2.14. The number of methoxy groups -OCH3 is 2. The molecule has 1 aromatic carbocycles. The molecule has 0 saturated heterocycles. The molecule has 7 heteroatoms. The van der Waals surface area contributed by atoms with E-state index in [-0.39, 0.29) is 24.0 Å². The summed E-state index contributed by atoms with van der Waals surface area (Å²) >= 11 is 0. The molecule has 0 aromatic heterocycles. The minimum atomic E-state index is 0. The Hall–Kier alpha value is -1.06. The van der Waals surface area contributed by atoms with E-state index >= 15 is 0 Å². The second-order valence-electron chi connectivity index (χ2n) is 4.46. The van der Waals surface area contributed by atoms with E-state index in [1.54, 1.807) is 14.2 Å². The number of nitrogens with zero attached hydrogens (tertiary/aromatic N) is 1. The SMILES string of the molecule is COCCCOc1cccc(CN=C(N)NCCOC)c1.I. The average Bonchev–Trinajstić information content (AvgIpc) is 2.50. The van der Waals surface area contributed by atoms with Gasteiger partial charge in [-0.3, -0.25) is 0 Å². The third-order valence-electron chi connectivity index (χ3n) is 2.70. The number of guanidine groups is 1. The summed E-state index contributed by atoms with van der Waals surface area (Å²) in [6, 6.07) is 7.85. The van der Waals surface area contributed by atoms with Crippen molar-refractivity contribution in [3.05, 3.63) is 29.8 Å². The van der Waals surface area contributed by atoms with Gasteiger partial charge < -0.3 is 25.3 Å². The van der Waals surface area contributed by atoms with Crippen LogP contribution in [0.15, 0.2) is 29.3 Å². The summed E-state index contributed by atoms with van der Waals surface area (Å²) in [5.41, 5.74) is 6.80. The first-order valence-corrected chi connectivity index (χ1v) is 6.99. The molecule has 0 unspecified atom stereocenters. The van der Waals surface area contributed by atoms with Gasteiger partial charge >= 0.3 is 0 Å². The monoisotopic (exact) mass is 423 g/mol. The second kappa shape index (κ2) is 13.6. The first kappa shape index (κ1) is 20.9. The van der Waals surface area contributed by atoms with E-state index in [2.05, 4.69) is 10.3 Å². The average molecular weight is 423 g/mol. The van der Waals surface area contributed by atoms with Gasteiger partial charge in [0.2, 0.25) is 0 Å². The molecule has 3 N–H and O–H groups in total. The van der Waals surface area contributed by atoms with Gasteiger partial charge in [0.05, 0.1) is 19.8 Å². The highest BCUT2D eigenvalue weighted by atomic mass is 127. The van der Waals surface area contributed by atoms with Gasteiger partial charge in [-0.25, -0.2) is 4.99 Å². The van der Waals surface area contributed by atoms with E-state index in [1.165, 1.54) is 0 Å². The van der Waals surface area contributed by atoms with Crippen LogP contribution < -0.4 is 15.8 Å². The third kappa shape index (κ3) is 9.80. The van der Waals surface area contributed by atoms with Crippen molar-refractivity contribution >= 4 is 29.9 Å². The Balaban J connectivity index is 0.00000441. The standard InChI is InChI=1S/C15H25N3O3.HI/c1-19-8-4-9-21-14-6-3-5-13(11-14)12-18-15(16)17-7-10-20-2;/h3,5-6,11H,4,7-10,12H2,1-2H3,(H3,16,17,18);1H. The van der Waals surface area contributed by atoms with Crippen LogP contribution in [0, 0.1) is 0 Å². The van der Waals surface area contributed by atoms with E-state index in [4.69, 9.17) is 19.9 Å². The zero-order chi connectivity index (χ0) is 15.3. The lowest BCUT2D eigenvalue weighted by molar-refractivity contribution is 0.172. The van der Waals surface area contributed by atoms with Gasteiger partial charge in [0.25, 0.3) is 0 Å². The first-order chi connectivity index (χ1) is 10.3. The van der Waals surface area contributed by atoms with Crippen molar-refractivity contribution < 1.29 is 14.2 Å². The largest absolute Gasteiger partial charge is 0.493 e. The van der Waals surface area contributed by atoms with E-state index in [9.17, 15) is 0 Å². The molecule has 126 valence electrons. The Bertz CT molecular complexity index is 430. The number of hydrogen-bond donors (Lipinski definition) is 2. The molecule has 0 aliphatic carbocycles. The van der Waals surface area contributed by atoms with Crippen LogP contribution in [0.3, 0.4) is 0 Å². The van der Waals surface area contributed by atoms with E-state index < -0.39 is 0 Å². The van der Waals surface area contributed by atoms with Gasteiger partial charge in [-0.15, -0.1) is 24.0 Å². The van der Waals surface area contributed by atoms with Crippen molar-refractivity contribution in [2.24, 2.45) is 10.7 Å². The van der Waals surface area contributed by atoms with Crippen molar-refractivity contribution in [3.63, 3.8) is 0 Å². The highest BCUT2D eigenvalue weighted by molar-refractivity contribution is 14.0. The Morgan fingerprint density at radius 2 is 1.95 bits per heavy atom. The molecular formula is C15H26IN3O3. The summed E-state index contributed by atoms with van der Waals surface area (Å²) < 4.78 is 15.6. The van der Waals surface area contributed by atoms with Crippen LogP contribution >= 0.6 is 24.0 Å². The first-order valence-electron chi connectivity index (χ1n) is 6.99. The molecule has 0 amide bonds. The predicted molar refractivity (Wildman–Crippen MR) is 99.1 cm³/mol. The summed E-state index contributed by atoms with van der Waals surface area (Å²) in [6.07, 6.45) is 0.870. The molecule has 0 spiro atoms. The van der Waals surface area contributed by atoms with Crippen LogP contribution in [0.1, 0.15) is 12.0 Å². The number of nitrogens with one attached hydrogen (secondary N) is 1. The smallest absolute Gasteiger partial charge is 0.188 e. The third-order valence-corrected chi connectivity index (χ3v) is 2.70. The zero-order valence-electron chi connectivity index (χ0n) is 13.2. The van der Waals surface area contributed by atoms with E-state index in [1.807, 2.05) is 24.3 Å². The lowest BCUT2D eigenvalue weighted by atomic mass is 10.2. The summed E-state index contributed by atoms with van der Waals surface area (Å²) in [6.45, 7) is 3.10. The Kier molecular flexibility index (Phi) is 12.9. The summed E-state index contributed by atoms with van der Waals surface area (Å²) in [7, 11) is 3.33. The molecule has 0 radical (unpaired) electrons. The minimum Gasteiger partial charge on any atom is -0.493 e. The van der Waals surface area contributed by atoms with Gasteiger partial charge in [-0.05, 0) is 17.7 Å². The fraction of sp³-hybridized carbons (Fsp3) is 0.533.